The summed E-state index contributed by atoms with van der Waals surface area (Å²) in [6.07, 6.45) is 12.7. The van der Waals surface area contributed by atoms with Gasteiger partial charge in [-0.1, -0.05) is 94.5 Å². The fourth-order valence-corrected chi connectivity index (χ4v) is 3.86. The molecule has 0 saturated carbocycles. The molecule has 0 aliphatic carbocycles. The summed E-state index contributed by atoms with van der Waals surface area (Å²) in [7, 11) is 0. The third-order valence-electron chi connectivity index (χ3n) is 5.86. The van der Waals surface area contributed by atoms with Crippen LogP contribution in [-0.2, 0) is 0 Å². The van der Waals surface area contributed by atoms with E-state index in [-0.39, 0.29) is 10.8 Å². The largest absolute Gasteiger partial charge is 0.458 e. The van der Waals surface area contributed by atoms with Gasteiger partial charge in [-0.2, -0.15) is 0 Å². The molecule has 3 rings (SSSR count). The van der Waals surface area contributed by atoms with Crippen LogP contribution < -0.4 is 15.8 Å². The van der Waals surface area contributed by atoms with E-state index in [2.05, 4.69) is 57.3 Å². The number of aryl methyl sites for hydroxylation is 1. The van der Waals surface area contributed by atoms with Crippen molar-refractivity contribution in [2.45, 2.75) is 59.7 Å². The fraction of sp³-hybridized carbons (Fsp3) is 0.393. The van der Waals surface area contributed by atoms with Gasteiger partial charge in [-0.15, -0.1) is 0 Å². The number of aliphatic imine (C=N–C) groups is 1. The Labute approximate surface area is 193 Å². The summed E-state index contributed by atoms with van der Waals surface area (Å²) in [5.41, 5.74) is 7.50. The third kappa shape index (κ3) is 5.31. The van der Waals surface area contributed by atoms with Crippen LogP contribution in [0.1, 0.15) is 47.1 Å². The first-order valence-corrected chi connectivity index (χ1v) is 11.2. The molecule has 0 radical (unpaired) electrons. The van der Waals surface area contributed by atoms with Crippen molar-refractivity contribution in [3.63, 3.8) is 0 Å². The Balaban J connectivity index is 2.23. The van der Waals surface area contributed by atoms with Crippen LogP contribution in [0.3, 0.4) is 0 Å². The smallest absolute Gasteiger partial charge is 0.238 e. The molecule has 3 N–H and O–H groups in total. The maximum absolute atomic E-state index is 6.96. The average Bonchev–Trinajstić information content (AvgIpc) is 2.70. The fourth-order valence-electron chi connectivity index (χ4n) is 3.86. The molecule has 0 saturated heterocycles. The summed E-state index contributed by atoms with van der Waals surface area (Å²) < 4.78 is 6.71. The first-order valence-electron chi connectivity index (χ1n) is 11.2. The van der Waals surface area contributed by atoms with E-state index in [1.54, 1.807) is 0 Å². The minimum atomic E-state index is -1.06. The topological polar surface area (TPSA) is 59.6 Å². The number of nitrogens with one attached hydrogen (secondary N) is 1. The Hall–Kier alpha value is -2.85. The minimum absolute atomic E-state index is 0.137. The molecule has 2 atom stereocenters. The third-order valence-corrected chi connectivity index (χ3v) is 5.86. The van der Waals surface area contributed by atoms with Gasteiger partial charge in [-0.05, 0) is 32.4 Å². The van der Waals surface area contributed by atoms with Crippen molar-refractivity contribution in [3.05, 3.63) is 84.1 Å². The molecule has 2 aliphatic rings. The zero-order chi connectivity index (χ0) is 23.6. The molecule has 0 bridgehead atoms. The highest BCUT2D eigenvalue weighted by Crippen LogP contribution is 2.39. The highest BCUT2D eigenvalue weighted by Gasteiger charge is 2.48. The molecule has 32 heavy (non-hydrogen) atoms. The molecule has 0 amide bonds. The van der Waals surface area contributed by atoms with Crippen molar-refractivity contribution < 1.29 is 4.74 Å². The Kier molecular flexibility index (Phi) is 6.39. The number of ether oxygens (including phenoxy) is 1. The SMILES string of the molecule is C/C1=C\C(C)(C)/C=C\C(C)(C)/C=C/C(C)(N)C2(C=Nc3c(C)cccccccc3O2)N1. The maximum Gasteiger partial charge on any atom is 0.238 e. The van der Waals surface area contributed by atoms with E-state index in [0.717, 1.165) is 16.9 Å². The van der Waals surface area contributed by atoms with Crippen molar-refractivity contribution in [1.82, 2.24) is 5.32 Å². The lowest BCUT2D eigenvalue weighted by atomic mass is 9.83. The van der Waals surface area contributed by atoms with E-state index in [4.69, 9.17) is 15.5 Å². The number of fused-ring (bicyclic) bond motifs is 1. The van der Waals surface area contributed by atoms with Gasteiger partial charge in [-0.3, -0.25) is 4.99 Å². The molecule has 1 aromatic carbocycles. The number of nitrogens with two attached hydrogens (primary N) is 1. The molecule has 2 aliphatic heterocycles. The second-order valence-electron chi connectivity index (χ2n) is 10.3. The monoisotopic (exact) mass is 431 g/mol. The van der Waals surface area contributed by atoms with Gasteiger partial charge in [0.2, 0.25) is 5.72 Å². The Bertz CT molecular complexity index is 1040. The summed E-state index contributed by atoms with van der Waals surface area (Å²) in [6, 6.07) is 13.9. The van der Waals surface area contributed by atoms with Gasteiger partial charge in [0.15, 0.2) is 0 Å². The molecule has 0 aromatic heterocycles. The zero-order valence-corrected chi connectivity index (χ0v) is 20.4. The summed E-state index contributed by atoms with van der Waals surface area (Å²) in [6.45, 7) is 14.8. The highest BCUT2D eigenvalue weighted by atomic mass is 16.5. The first kappa shape index (κ1) is 23.8. The van der Waals surface area contributed by atoms with Crippen LogP contribution in [0.15, 0.2) is 83.5 Å². The normalized spacial score (nSPS) is 31.4. The van der Waals surface area contributed by atoms with Gasteiger partial charge in [0.25, 0.3) is 0 Å². The van der Waals surface area contributed by atoms with Crippen molar-refractivity contribution >= 4 is 11.9 Å². The quantitative estimate of drug-likeness (QED) is 0.474. The van der Waals surface area contributed by atoms with Crippen LogP contribution >= 0.6 is 0 Å². The molecule has 1 spiro atoms. The molecule has 4 nitrogen and oxygen atoms in total. The number of allylic oxidation sites excluding steroid dienone is 5. The van der Waals surface area contributed by atoms with E-state index in [9.17, 15) is 0 Å². The number of hydrogen-bond acceptors (Lipinski definition) is 4. The van der Waals surface area contributed by atoms with Crippen LogP contribution in [-0.4, -0.2) is 17.5 Å². The van der Waals surface area contributed by atoms with Crippen LogP contribution in [0.5, 0.6) is 5.75 Å². The van der Waals surface area contributed by atoms with Crippen molar-refractivity contribution in [2.75, 3.05) is 0 Å². The molecule has 2 unspecified atom stereocenters. The lowest BCUT2D eigenvalue weighted by Crippen LogP contribution is -2.70. The van der Waals surface area contributed by atoms with E-state index >= 15 is 0 Å². The zero-order valence-electron chi connectivity index (χ0n) is 20.4. The highest BCUT2D eigenvalue weighted by molar-refractivity contribution is 5.80. The molecular formula is C28H37N3O. The first-order chi connectivity index (χ1) is 14.8. The number of nitrogens with zero attached hydrogens (tertiary/aromatic N) is 1. The summed E-state index contributed by atoms with van der Waals surface area (Å²) in [5.74, 6) is 0.679. The predicted octanol–water partition coefficient (Wildman–Crippen LogP) is 6.30. The second kappa shape index (κ2) is 8.59. The lowest BCUT2D eigenvalue weighted by molar-refractivity contribution is 0.0621. The van der Waals surface area contributed by atoms with Crippen molar-refractivity contribution in [3.8, 4) is 5.75 Å². The van der Waals surface area contributed by atoms with Gasteiger partial charge < -0.3 is 15.8 Å². The maximum atomic E-state index is 6.96. The average molecular weight is 432 g/mol. The molecule has 1 aromatic rings. The van der Waals surface area contributed by atoms with Crippen LogP contribution in [0.25, 0.3) is 0 Å². The van der Waals surface area contributed by atoms with Crippen LogP contribution in [0, 0.1) is 17.8 Å². The summed E-state index contributed by atoms with van der Waals surface area (Å²) >= 11 is 0. The second-order valence-corrected chi connectivity index (χ2v) is 10.3. The van der Waals surface area contributed by atoms with Crippen molar-refractivity contribution in [1.29, 1.82) is 0 Å². The Morgan fingerprint density at radius 1 is 0.812 bits per heavy atom. The van der Waals surface area contributed by atoms with Gasteiger partial charge in [-0.25, -0.2) is 0 Å². The summed E-state index contributed by atoms with van der Waals surface area (Å²) in [4.78, 5) is 4.87. The predicted molar refractivity (Wildman–Crippen MR) is 136 cm³/mol. The Morgan fingerprint density at radius 2 is 1.41 bits per heavy atom. The van der Waals surface area contributed by atoms with Crippen molar-refractivity contribution in [2.24, 2.45) is 21.6 Å². The van der Waals surface area contributed by atoms with Crippen LogP contribution in [0.4, 0.5) is 5.69 Å². The number of hydrogen-bond donors (Lipinski definition) is 2. The minimum Gasteiger partial charge on any atom is -0.458 e. The molecule has 0 fully saturated rings. The molecule has 2 heterocycles. The van der Waals surface area contributed by atoms with E-state index < -0.39 is 11.3 Å². The van der Waals surface area contributed by atoms with E-state index in [1.165, 1.54) is 0 Å². The van der Waals surface area contributed by atoms with E-state index in [0.29, 0.717) is 5.75 Å². The van der Waals surface area contributed by atoms with Gasteiger partial charge in [0, 0.05) is 16.5 Å². The molecule has 170 valence electrons. The van der Waals surface area contributed by atoms with E-state index in [1.807, 2.05) is 75.5 Å². The summed E-state index contributed by atoms with van der Waals surface area (Å²) in [5, 5.41) is 3.57. The van der Waals surface area contributed by atoms with Gasteiger partial charge >= 0.3 is 0 Å². The molecular weight excluding hydrogens is 394 g/mol. The van der Waals surface area contributed by atoms with Crippen LogP contribution in [0.2, 0.25) is 0 Å². The van der Waals surface area contributed by atoms with Gasteiger partial charge in [0.1, 0.15) is 11.4 Å². The Morgan fingerprint density at radius 3 is 2.12 bits per heavy atom. The molecule has 4 heteroatoms. The standard InChI is InChI=1S/C28H37N3O/c1-21-13-11-9-8-10-12-14-23-24(21)30-20-28(32-23)27(7,29)18-17-25(3,4)15-16-26(5,6)19-22(2)31-28/h8-20,31H,29H2,1-7H3/b9-8?,10-8?,11-9?,12-10?,13-11?,14-12?,16-15-,18-17+,21-13?,22-19+,23-14?,24-21?. The van der Waals surface area contributed by atoms with Gasteiger partial charge in [0.05, 0.1) is 11.8 Å². The number of rotatable bonds is 0. The lowest BCUT2D eigenvalue weighted by Gasteiger charge is -2.45.